The van der Waals surface area contributed by atoms with Crippen molar-refractivity contribution in [1.82, 2.24) is 4.90 Å². The molecule has 1 heterocycles. The molecule has 2 aliphatic rings. The molecule has 2 fully saturated rings. The highest BCUT2D eigenvalue weighted by atomic mass is 16.1. The molecule has 1 aromatic carbocycles. The van der Waals surface area contributed by atoms with Crippen LogP contribution in [-0.4, -0.2) is 29.9 Å². The van der Waals surface area contributed by atoms with Crippen molar-refractivity contribution >= 4 is 17.3 Å². The van der Waals surface area contributed by atoms with Gasteiger partial charge in [0.15, 0.2) is 0 Å². The van der Waals surface area contributed by atoms with Gasteiger partial charge in [0.25, 0.3) is 0 Å². The van der Waals surface area contributed by atoms with E-state index in [2.05, 4.69) is 10.2 Å². The minimum atomic E-state index is 0.0971. The van der Waals surface area contributed by atoms with Gasteiger partial charge in [0, 0.05) is 30.4 Å². The number of piperidine rings is 1. The monoisotopic (exact) mass is 287 g/mol. The van der Waals surface area contributed by atoms with Crippen LogP contribution < -0.4 is 11.1 Å². The van der Waals surface area contributed by atoms with Gasteiger partial charge in [-0.3, -0.25) is 9.69 Å². The molecule has 0 radical (unpaired) electrons. The molecule has 1 saturated carbocycles. The van der Waals surface area contributed by atoms with Crippen LogP contribution in [0.4, 0.5) is 11.4 Å². The summed E-state index contributed by atoms with van der Waals surface area (Å²) in [4.78, 5) is 14.6. The van der Waals surface area contributed by atoms with Crippen molar-refractivity contribution in [2.75, 3.05) is 24.1 Å². The number of carbonyl (C=O) groups is 1. The summed E-state index contributed by atoms with van der Waals surface area (Å²) >= 11 is 0. The molecule has 2 atom stereocenters. The summed E-state index contributed by atoms with van der Waals surface area (Å²) in [6.07, 6.45) is 7.33. The van der Waals surface area contributed by atoms with E-state index in [4.69, 9.17) is 5.73 Å². The first-order valence-electron chi connectivity index (χ1n) is 8.12. The van der Waals surface area contributed by atoms with Gasteiger partial charge in [0.05, 0.1) is 0 Å². The first-order valence-corrected chi connectivity index (χ1v) is 8.12. The number of likely N-dealkylation sites (tertiary alicyclic amines) is 1. The Labute approximate surface area is 126 Å². The second-order valence-corrected chi connectivity index (χ2v) is 6.36. The topological polar surface area (TPSA) is 58.4 Å². The Kier molecular flexibility index (Phi) is 4.44. The molecule has 3 N–H and O–H groups in total. The number of amides is 1. The third-order valence-corrected chi connectivity index (χ3v) is 4.93. The van der Waals surface area contributed by atoms with Crippen molar-refractivity contribution in [2.45, 2.75) is 44.6 Å². The van der Waals surface area contributed by atoms with Crippen LogP contribution in [0.5, 0.6) is 0 Å². The Morgan fingerprint density at radius 1 is 1.19 bits per heavy atom. The van der Waals surface area contributed by atoms with Gasteiger partial charge in [0.1, 0.15) is 0 Å². The van der Waals surface area contributed by atoms with Crippen LogP contribution >= 0.6 is 0 Å². The molecule has 0 aromatic heterocycles. The third kappa shape index (κ3) is 3.56. The standard InChI is InChI=1S/C17H25N3O/c18-14-6-8-15(9-7-14)19-17(21)10-12-20-11-2-4-13-3-1-5-16(13)20/h6-9,13,16H,1-5,10-12,18H2,(H,19,21). The smallest absolute Gasteiger partial charge is 0.225 e. The summed E-state index contributed by atoms with van der Waals surface area (Å²) in [6.45, 7) is 2.05. The maximum absolute atomic E-state index is 12.1. The van der Waals surface area contributed by atoms with E-state index in [1.807, 2.05) is 24.3 Å². The van der Waals surface area contributed by atoms with Crippen molar-refractivity contribution in [2.24, 2.45) is 5.92 Å². The summed E-state index contributed by atoms with van der Waals surface area (Å²) in [5.41, 5.74) is 7.19. The fourth-order valence-corrected chi connectivity index (χ4v) is 3.87. The minimum absolute atomic E-state index is 0.0971. The molecule has 0 spiro atoms. The summed E-state index contributed by atoms with van der Waals surface area (Å²) < 4.78 is 0. The van der Waals surface area contributed by atoms with Crippen LogP contribution in [0.25, 0.3) is 0 Å². The molecular weight excluding hydrogens is 262 g/mol. The summed E-state index contributed by atoms with van der Waals surface area (Å²) in [5, 5.41) is 2.95. The Bertz CT molecular complexity index is 485. The number of anilines is 2. The number of nitrogens with one attached hydrogen (secondary N) is 1. The summed E-state index contributed by atoms with van der Waals surface area (Å²) in [7, 11) is 0. The van der Waals surface area contributed by atoms with Gasteiger partial charge in [0.2, 0.25) is 5.91 Å². The maximum Gasteiger partial charge on any atom is 0.225 e. The second kappa shape index (κ2) is 6.48. The normalized spacial score (nSPS) is 25.5. The van der Waals surface area contributed by atoms with Crippen molar-refractivity contribution in [3.63, 3.8) is 0 Å². The first kappa shape index (κ1) is 14.4. The second-order valence-electron chi connectivity index (χ2n) is 6.36. The fourth-order valence-electron chi connectivity index (χ4n) is 3.87. The molecule has 1 amide bonds. The van der Waals surface area contributed by atoms with E-state index in [0.717, 1.165) is 30.7 Å². The quantitative estimate of drug-likeness (QED) is 0.837. The van der Waals surface area contributed by atoms with Crippen molar-refractivity contribution in [3.8, 4) is 0 Å². The van der Waals surface area contributed by atoms with Crippen LogP contribution in [-0.2, 0) is 4.79 Å². The zero-order valence-electron chi connectivity index (χ0n) is 12.6. The van der Waals surface area contributed by atoms with Gasteiger partial charge in [-0.15, -0.1) is 0 Å². The average Bonchev–Trinajstić information content (AvgIpc) is 2.96. The molecule has 1 aliphatic heterocycles. The highest BCUT2D eigenvalue weighted by Crippen LogP contribution is 2.36. The maximum atomic E-state index is 12.1. The predicted octanol–water partition coefficient (Wildman–Crippen LogP) is 2.86. The number of hydrogen-bond donors (Lipinski definition) is 2. The molecule has 4 nitrogen and oxygen atoms in total. The van der Waals surface area contributed by atoms with Gasteiger partial charge in [-0.2, -0.15) is 0 Å². The van der Waals surface area contributed by atoms with Crippen molar-refractivity contribution in [3.05, 3.63) is 24.3 Å². The Balaban J connectivity index is 1.48. The highest BCUT2D eigenvalue weighted by molar-refractivity contribution is 5.90. The lowest BCUT2D eigenvalue weighted by Crippen LogP contribution is -2.43. The van der Waals surface area contributed by atoms with E-state index in [0.29, 0.717) is 12.1 Å². The van der Waals surface area contributed by atoms with Gasteiger partial charge < -0.3 is 11.1 Å². The third-order valence-electron chi connectivity index (χ3n) is 4.93. The lowest BCUT2D eigenvalue weighted by molar-refractivity contribution is -0.116. The zero-order valence-corrected chi connectivity index (χ0v) is 12.6. The Hall–Kier alpha value is -1.55. The molecule has 1 aromatic rings. The number of nitrogens with zero attached hydrogens (tertiary/aromatic N) is 1. The molecule has 4 heteroatoms. The summed E-state index contributed by atoms with van der Waals surface area (Å²) in [5.74, 6) is 0.985. The number of benzene rings is 1. The van der Waals surface area contributed by atoms with Gasteiger partial charge in [-0.1, -0.05) is 6.42 Å². The van der Waals surface area contributed by atoms with Gasteiger partial charge in [-0.25, -0.2) is 0 Å². The highest BCUT2D eigenvalue weighted by Gasteiger charge is 2.34. The van der Waals surface area contributed by atoms with Crippen molar-refractivity contribution < 1.29 is 4.79 Å². The number of hydrogen-bond acceptors (Lipinski definition) is 3. The lowest BCUT2D eigenvalue weighted by Gasteiger charge is -2.37. The number of nitrogens with two attached hydrogens (primary N) is 1. The molecular formula is C17H25N3O. The van der Waals surface area contributed by atoms with E-state index in [1.54, 1.807) is 0 Å². The van der Waals surface area contributed by atoms with Crippen LogP contribution in [0.1, 0.15) is 38.5 Å². The number of carbonyl (C=O) groups excluding carboxylic acids is 1. The predicted molar refractivity (Wildman–Crippen MR) is 86.0 cm³/mol. The first-order chi connectivity index (χ1) is 10.2. The van der Waals surface area contributed by atoms with E-state index < -0.39 is 0 Å². The van der Waals surface area contributed by atoms with Crippen LogP contribution in [0, 0.1) is 5.92 Å². The molecule has 0 bridgehead atoms. The van der Waals surface area contributed by atoms with Crippen LogP contribution in [0.15, 0.2) is 24.3 Å². The molecule has 1 aliphatic carbocycles. The van der Waals surface area contributed by atoms with Gasteiger partial charge >= 0.3 is 0 Å². The van der Waals surface area contributed by atoms with Crippen molar-refractivity contribution in [1.29, 1.82) is 0 Å². The largest absolute Gasteiger partial charge is 0.399 e. The Morgan fingerprint density at radius 2 is 1.95 bits per heavy atom. The number of fused-ring (bicyclic) bond motifs is 1. The van der Waals surface area contributed by atoms with E-state index in [-0.39, 0.29) is 5.91 Å². The minimum Gasteiger partial charge on any atom is -0.399 e. The van der Waals surface area contributed by atoms with E-state index in [1.165, 1.54) is 32.1 Å². The summed E-state index contributed by atoms with van der Waals surface area (Å²) in [6, 6.07) is 8.05. The van der Waals surface area contributed by atoms with E-state index >= 15 is 0 Å². The molecule has 2 unspecified atom stereocenters. The lowest BCUT2D eigenvalue weighted by atomic mass is 9.92. The van der Waals surface area contributed by atoms with Gasteiger partial charge in [-0.05, 0) is 62.4 Å². The SMILES string of the molecule is Nc1ccc(NC(=O)CCN2CCCC3CCCC32)cc1. The van der Waals surface area contributed by atoms with Crippen LogP contribution in [0.2, 0.25) is 0 Å². The average molecular weight is 287 g/mol. The fraction of sp³-hybridized carbons (Fsp3) is 0.588. The molecule has 21 heavy (non-hydrogen) atoms. The Morgan fingerprint density at radius 3 is 2.76 bits per heavy atom. The number of rotatable bonds is 4. The van der Waals surface area contributed by atoms with E-state index in [9.17, 15) is 4.79 Å². The number of nitrogen functional groups attached to an aromatic ring is 1. The molecule has 3 rings (SSSR count). The zero-order chi connectivity index (χ0) is 14.7. The molecule has 114 valence electrons. The molecule has 1 saturated heterocycles. The van der Waals surface area contributed by atoms with Crippen LogP contribution in [0.3, 0.4) is 0 Å².